The molecule has 2 aliphatic rings. The van der Waals surface area contributed by atoms with Crippen molar-refractivity contribution >= 4 is 53.8 Å². The van der Waals surface area contributed by atoms with Crippen LogP contribution in [0.25, 0.3) is 0 Å². The van der Waals surface area contributed by atoms with E-state index in [-0.39, 0.29) is 6.61 Å². The van der Waals surface area contributed by atoms with Crippen molar-refractivity contribution in [2.45, 2.75) is 123 Å². The number of nitrogens with one attached hydrogen (secondary N) is 1. The number of hydrogen-bond donors (Lipinski definition) is 1. The number of carbonyl (C=O) groups is 9. The van der Waals surface area contributed by atoms with Gasteiger partial charge in [-0.1, -0.05) is 30.3 Å². The molecular weight excluding hydrogens is 822 g/mol. The molecule has 0 unspecified atom stereocenters. The number of methoxy groups -OCH3 is 1. The van der Waals surface area contributed by atoms with Crippen molar-refractivity contribution in [3.05, 3.63) is 35.9 Å². The highest BCUT2D eigenvalue weighted by Crippen LogP contribution is 2.35. The van der Waals surface area contributed by atoms with Gasteiger partial charge in [0, 0.05) is 48.5 Å². The second kappa shape index (κ2) is 23.8. The SMILES string of the molecule is COC(=O)[C@H](CO[C@@H]1O[C@H](COC(C)=O)[C@@H](O[C@H]2O[C@H](COC(C)=O)[C@@H](OC(C)=O)[C@H](OC(C)=O)[C@H]2OC(C)=O)[C@H](OC(C)=O)[C@H]1OC(C)=O)NC(=O)OCc1ccccc1. The van der Waals surface area contributed by atoms with E-state index in [0.717, 1.165) is 55.6 Å². The summed E-state index contributed by atoms with van der Waals surface area (Å²) < 4.78 is 72.2. The van der Waals surface area contributed by atoms with Crippen molar-refractivity contribution in [1.29, 1.82) is 0 Å². The van der Waals surface area contributed by atoms with E-state index in [4.69, 9.17) is 61.6 Å². The zero-order valence-corrected chi connectivity index (χ0v) is 34.5. The van der Waals surface area contributed by atoms with Gasteiger partial charge in [-0.3, -0.25) is 33.6 Å². The number of amides is 1. The molecule has 0 bridgehead atoms. The van der Waals surface area contributed by atoms with Crippen molar-refractivity contribution in [3.63, 3.8) is 0 Å². The van der Waals surface area contributed by atoms with Gasteiger partial charge >= 0.3 is 53.8 Å². The van der Waals surface area contributed by atoms with Crippen LogP contribution in [0.3, 0.4) is 0 Å². The average molecular weight is 872 g/mol. The smallest absolute Gasteiger partial charge is 0.408 e. The monoisotopic (exact) mass is 871 g/mol. The van der Waals surface area contributed by atoms with E-state index in [1.165, 1.54) is 0 Å². The molecule has 2 heterocycles. The Morgan fingerprint density at radius 3 is 1.49 bits per heavy atom. The van der Waals surface area contributed by atoms with E-state index < -0.39 is 141 Å². The number of ether oxygens (including phenoxy) is 13. The Morgan fingerprint density at radius 1 is 0.557 bits per heavy atom. The summed E-state index contributed by atoms with van der Waals surface area (Å²) in [6.45, 7) is 4.88. The molecule has 0 saturated carbocycles. The zero-order valence-electron chi connectivity index (χ0n) is 34.5. The second-order valence-electron chi connectivity index (χ2n) is 13.3. The minimum atomic E-state index is -1.91. The van der Waals surface area contributed by atoms with Crippen LogP contribution in [0, 0.1) is 0 Å². The molecule has 2 aliphatic heterocycles. The van der Waals surface area contributed by atoms with Crippen LogP contribution >= 0.6 is 0 Å². The minimum absolute atomic E-state index is 0.162. The molecule has 3 rings (SSSR count). The van der Waals surface area contributed by atoms with Crippen molar-refractivity contribution < 1.29 is 105 Å². The molecule has 0 aromatic heterocycles. The molecule has 338 valence electrons. The topological polar surface area (TPSA) is 286 Å². The maximum Gasteiger partial charge on any atom is 0.408 e. The van der Waals surface area contributed by atoms with Crippen molar-refractivity contribution in [1.82, 2.24) is 5.32 Å². The van der Waals surface area contributed by atoms with Crippen molar-refractivity contribution in [2.24, 2.45) is 0 Å². The van der Waals surface area contributed by atoms with Gasteiger partial charge in [-0.25, -0.2) is 9.59 Å². The summed E-state index contributed by atoms with van der Waals surface area (Å²) in [5.74, 6) is -7.42. The lowest BCUT2D eigenvalue weighted by Crippen LogP contribution is -2.67. The van der Waals surface area contributed by atoms with Crippen molar-refractivity contribution in [3.8, 4) is 0 Å². The fourth-order valence-electron chi connectivity index (χ4n) is 6.02. The predicted octanol–water partition coefficient (Wildman–Crippen LogP) is 0.0907. The van der Waals surface area contributed by atoms with Gasteiger partial charge in [-0.15, -0.1) is 0 Å². The normalized spacial score (nSPS) is 26.2. The average Bonchev–Trinajstić information content (AvgIpc) is 3.17. The third-order valence-corrected chi connectivity index (χ3v) is 8.30. The highest BCUT2D eigenvalue weighted by Gasteiger charge is 2.57. The predicted molar refractivity (Wildman–Crippen MR) is 195 cm³/mol. The molecule has 1 aromatic carbocycles. The molecule has 2 fully saturated rings. The van der Waals surface area contributed by atoms with Crippen LogP contribution < -0.4 is 5.32 Å². The van der Waals surface area contributed by atoms with Gasteiger partial charge < -0.3 is 66.9 Å². The first-order chi connectivity index (χ1) is 28.8. The minimum Gasteiger partial charge on any atom is -0.467 e. The Balaban J connectivity index is 2.07. The highest BCUT2D eigenvalue weighted by molar-refractivity contribution is 5.81. The van der Waals surface area contributed by atoms with Gasteiger partial charge in [0.25, 0.3) is 0 Å². The van der Waals surface area contributed by atoms with Crippen LogP contribution in [0.1, 0.15) is 54.0 Å². The number of esters is 8. The molecule has 23 nitrogen and oxygen atoms in total. The number of hydrogen-bond acceptors (Lipinski definition) is 22. The summed E-state index contributed by atoms with van der Waals surface area (Å²) >= 11 is 0. The van der Waals surface area contributed by atoms with E-state index >= 15 is 0 Å². The lowest BCUT2D eigenvalue weighted by Gasteiger charge is -2.48. The third kappa shape index (κ3) is 15.9. The van der Waals surface area contributed by atoms with Gasteiger partial charge in [0.2, 0.25) is 0 Å². The quantitative estimate of drug-likeness (QED) is 0.151. The Morgan fingerprint density at radius 2 is 1.00 bits per heavy atom. The Bertz CT molecular complexity index is 1720. The van der Waals surface area contributed by atoms with Crippen LogP contribution in [0.5, 0.6) is 0 Å². The van der Waals surface area contributed by atoms with Gasteiger partial charge in [0.1, 0.15) is 38.1 Å². The summed E-state index contributed by atoms with van der Waals surface area (Å²) in [6, 6.07) is 7.04. The lowest BCUT2D eigenvalue weighted by molar-refractivity contribution is -0.361. The summed E-state index contributed by atoms with van der Waals surface area (Å²) in [5, 5.41) is 2.31. The summed E-state index contributed by atoms with van der Waals surface area (Å²) in [4.78, 5) is 112. The van der Waals surface area contributed by atoms with E-state index in [1.54, 1.807) is 30.3 Å². The summed E-state index contributed by atoms with van der Waals surface area (Å²) in [7, 11) is 1.03. The fraction of sp³-hybridized carbons (Fsp3) is 0.605. The largest absolute Gasteiger partial charge is 0.467 e. The van der Waals surface area contributed by atoms with Gasteiger partial charge in [0.05, 0.1) is 13.7 Å². The molecule has 1 N–H and O–H groups in total. The first kappa shape index (κ1) is 49.5. The molecular formula is C38H49NO22. The molecule has 23 heteroatoms. The van der Waals surface area contributed by atoms with E-state index in [1.807, 2.05) is 0 Å². The maximum atomic E-state index is 12.8. The Hall–Kier alpha value is -5.91. The molecule has 0 aliphatic carbocycles. The van der Waals surface area contributed by atoms with Crippen LogP contribution in [-0.2, 0) is 107 Å². The maximum absolute atomic E-state index is 12.8. The van der Waals surface area contributed by atoms with E-state index in [2.05, 4.69) is 5.32 Å². The third-order valence-electron chi connectivity index (χ3n) is 8.30. The fourth-order valence-corrected chi connectivity index (χ4v) is 6.02. The zero-order chi connectivity index (χ0) is 45.4. The van der Waals surface area contributed by atoms with Crippen LogP contribution in [0.15, 0.2) is 30.3 Å². The van der Waals surface area contributed by atoms with E-state index in [0.29, 0.717) is 5.56 Å². The van der Waals surface area contributed by atoms with Gasteiger partial charge in [-0.05, 0) is 5.56 Å². The molecule has 1 amide bonds. The van der Waals surface area contributed by atoms with Crippen LogP contribution in [0.2, 0.25) is 0 Å². The first-order valence-corrected chi connectivity index (χ1v) is 18.5. The number of alkyl carbamates (subject to hydrolysis) is 1. The van der Waals surface area contributed by atoms with Gasteiger partial charge in [-0.2, -0.15) is 0 Å². The standard InChI is InChI=1S/C38H49NO22/c1-18(40)50-16-27-29(54-20(3)42)31(55-21(4)43)34(58-24(7)46)37(60-27)61-30-28(17-51-19(2)41)59-36(33(57-23(6)45)32(30)56-22(5)44)52-15-26(35(47)49-8)39-38(48)53-14-25-12-10-9-11-13-25/h9-13,26-34,36-37H,14-17H2,1-8H3,(H,39,48)/t26-,27+,28+,29+,30+,31-,32-,33+,34+,36+,37+/m0/s1. The Kier molecular flexibility index (Phi) is 19.3. The van der Waals surface area contributed by atoms with E-state index in [9.17, 15) is 43.2 Å². The molecule has 1 aromatic rings. The highest BCUT2D eigenvalue weighted by atomic mass is 16.8. The lowest BCUT2D eigenvalue weighted by atomic mass is 9.96. The van der Waals surface area contributed by atoms with Gasteiger partial charge in [0.15, 0.2) is 49.1 Å². The summed E-state index contributed by atoms with van der Waals surface area (Å²) in [6.07, 6.45) is -18.2. The molecule has 0 radical (unpaired) electrons. The van der Waals surface area contributed by atoms with Crippen LogP contribution in [0.4, 0.5) is 4.79 Å². The van der Waals surface area contributed by atoms with Crippen LogP contribution in [-0.4, -0.2) is 148 Å². The Labute approximate surface area is 349 Å². The molecule has 0 spiro atoms. The number of rotatable bonds is 18. The first-order valence-electron chi connectivity index (χ1n) is 18.5. The second-order valence-corrected chi connectivity index (χ2v) is 13.3. The van der Waals surface area contributed by atoms with Crippen molar-refractivity contribution in [2.75, 3.05) is 26.9 Å². The number of benzene rings is 1. The molecule has 2 saturated heterocycles. The summed E-state index contributed by atoms with van der Waals surface area (Å²) in [5.41, 5.74) is 0.638. The molecule has 11 atom stereocenters. The number of carbonyl (C=O) groups excluding carboxylic acids is 9. The molecule has 61 heavy (non-hydrogen) atoms.